The number of anilines is 1. The number of para-hydroxylation sites is 1. The topological polar surface area (TPSA) is 62.6 Å². The smallest absolute Gasteiger partial charge is 0.258 e. The summed E-state index contributed by atoms with van der Waals surface area (Å²) in [7, 11) is 0. The number of hydrogen-bond acceptors (Lipinski definition) is 4. The lowest BCUT2D eigenvalue weighted by molar-refractivity contribution is 0.0706. The van der Waals surface area contributed by atoms with Crippen molar-refractivity contribution in [3.05, 3.63) is 87.2 Å². The molecular weight excluding hydrogens is 396 g/mol. The fourth-order valence-electron chi connectivity index (χ4n) is 3.17. The van der Waals surface area contributed by atoms with Gasteiger partial charge in [0, 0.05) is 16.7 Å². The molecule has 130 valence electrons. The van der Waals surface area contributed by atoms with Crippen LogP contribution in [-0.2, 0) is 0 Å². The predicted octanol–water partition coefficient (Wildman–Crippen LogP) is 4.31. The van der Waals surface area contributed by atoms with Crippen LogP contribution in [-0.4, -0.2) is 17.4 Å². The van der Waals surface area contributed by atoms with E-state index in [9.17, 15) is 9.59 Å². The Morgan fingerprint density at radius 1 is 1.23 bits per heavy atom. The average molecular weight is 411 g/mol. The lowest BCUT2D eigenvalue weighted by Crippen LogP contribution is -2.44. The Labute approximate surface area is 158 Å². The molecule has 0 radical (unpaired) electrons. The Hall–Kier alpha value is -2.86. The first kappa shape index (κ1) is 16.6. The standard InChI is InChI=1S/C20H15BrN2O3/c1-2-9-23-19(22-16-6-4-3-5-13(16)20(23)25)15-11-26-17-8-7-12(21)10-14(17)18(15)24/h2-8,10-11,19,22H,1,9H2. The Morgan fingerprint density at radius 3 is 2.85 bits per heavy atom. The minimum absolute atomic E-state index is 0.155. The van der Waals surface area contributed by atoms with E-state index in [0.717, 1.165) is 4.47 Å². The van der Waals surface area contributed by atoms with Gasteiger partial charge < -0.3 is 14.6 Å². The number of carbonyl (C=O) groups excluding carboxylic acids is 1. The summed E-state index contributed by atoms with van der Waals surface area (Å²) in [5, 5.41) is 3.75. The fourth-order valence-corrected chi connectivity index (χ4v) is 3.53. The molecule has 4 rings (SSSR count). The van der Waals surface area contributed by atoms with Crippen LogP contribution < -0.4 is 10.7 Å². The van der Waals surface area contributed by atoms with Gasteiger partial charge >= 0.3 is 0 Å². The summed E-state index contributed by atoms with van der Waals surface area (Å²) in [4.78, 5) is 27.6. The van der Waals surface area contributed by atoms with Crippen LogP contribution in [0.25, 0.3) is 11.0 Å². The highest BCUT2D eigenvalue weighted by molar-refractivity contribution is 9.10. The van der Waals surface area contributed by atoms with E-state index in [-0.39, 0.29) is 11.3 Å². The maximum absolute atomic E-state index is 13.1. The van der Waals surface area contributed by atoms with Gasteiger partial charge in [-0.3, -0.25) is 9.59 Å². The van der Waals surface area contributed by atoms with Crippen LogP contribution in [0.5, 0.6) is 0 Å². The van der Waals surface area contributed by atoms with Crippen molar-refractivity contribution in [2.45, 2.75) is 6.17 Å². The van der Waals surface area contributed by atoms with Gasteiger partial charge in [0.1, 0.15) is 18.0 Å². The molecule has 1 amide bonds. The van der Waals surface area contributed by atoms with E-state index < -0.39 is 6.17 Å². The number of hydrogen-bond donors (Lipinski definition) is 1. The van der Waals surface area contributed by atoms with Gasteiger partial charge in [0.25, 0.3) is 5.91 Å². The number of halogens is 1. The molecule has 0 bridgehead atoms. The number of nitrogens with one attached hydrogen (secondary N) is 1. The van der Waals surface area contributed by atoms with Gasteiger partial charge in [-0.05, 0) is 30.3 Å². The third-order valence-electron chi connectivity index (χ3n) is 4.40. The monoisotopic (exact) mass is 410 g/mol. The van der Waals surface area contributed by atoms with Crippen LogP contribution in [0.4, 0.5) is 5.69 Å². The SMILES string of the molecule is C=CCN1C(=O)c2ccccc2NC1c1coc2ccc(Br)cc2c1=O. The second kappa shape index (κ2) is 6.46. The summed E-state index contributed by atoms with van der Waals surface area (Å²) in [6.45, 7) is 4.03. The quantitative estimate of drug-likeness (QED) is 0.653. The van der Waals surface area contributed by atoms with Crippen LogP contribution in [0.1, 0.15) is 22.1 Å². The summed E-state index contributed by atoms with van der Waals surface area (Å²) >= 11 is 3.38. The molecule has 0 spiro atoms. The largest absolute Gasteiger partial charge is 0.464 e. The summed E-state index contributed by atoms with van der Waals surface area (Å²) < 4.78 is 6.44. The van der Waals surface area contributed by atoms with E-state index in [4.69, 9.17) is 4.42 Å². The van der Waals surface area contributed by atoms with E-state index in [1.165, 1.54) is 6.26 Å². The number of benzene rings is 2. The molecule has 3 aromatic rings. The molecule has 1 aliphatic heterocycles. The van der Waals surface area contributed by atoms with Crippen molar-refractivity contribution in [1.82, 2.24) is 4.90 Å². The van der Waals surface area contributed by atoms with Gasteiger partial charge in [-0.1, -0.05) is 34.1 Å². The molecule has 0 saturated carbocycles. The number of rotatable bonds is 3. The van der Waals surface area contributed by atoms with E-state index >= 15 is 0 Å². The van der Waals surface area contributed by atoms with Crippen LogP contribution in [0.15, 0.2) is 75.1 Å². The van der Waals surface area contributed by atoms with Gasteiger partial charge in [0.2, 0.25) is 0 Å². The molecule has 2 heterocycles. The highest BCUT2D eigenvalue weighted by Gasteiger charge is 2.34. The minimum Gasteiger partial charge on any atom is -0.464 e. The maximum atomic E-state index is 13.1. The van der Waals surface area contributed by atoms with E-state index in [0.29, 0.717) is 34.3 Å². The first-order chi connectivity index (χ1) is 12.6. The molecule has 1 aliphatic rings. The summed E-state index contributed by atoms with van der Waals surface area (Å²) in [6.07, 6.45) is 2.43. The first-order valence-corrected chi connectivity index (χ1v) is 8.88. The third-order valence-corrected chi connectivity index (χ3v) is 4.90. The molecule has 1 unspecified atom stereocenters. The Kier molecular flexibility index (Phi) is 4.12. The second-order valence-corrected chi connectivity index (χ2v) is 6.91. The molecule has 2 aromatic carbocycles. The van der Waals surface area contributed by atoms with Gasteiger partial charge in [-0.2, -0.15) is 0 Å². The highest BCUT2D eigenvalue weighted by Crippen LogP contribution is 2.32. The van der Waals surface area contributed by atoms with Crippen molar-refractivity contribution in [2.24, 2.45) is 0 Å². The molecule has 1 aromatic heterocycles. The molecule has 0 aliphatic carbocycles. The molecule has 1 N–H and O–H groups in total. The van der Waals surface area contributed by atoms with Crippen molar-refractivity contribution >= 4 is 38.5 Å². The minimum atomic E-state index is -0.630. The molecule has 0 saturated heterocycles. The van der Waals surface area contributed by atoms with Crippen molar-refractivity contribution in [2.75, 3.05) is 11.9 Å². The number of amides is 1. The third kappa shape index (κ3) is 2.63. The van der Waals surface area contributed by atoms with Gasteiger partial charge in [0.15, 0.2) is 5.43 Å². The zero-order chi connectivity index (χ0) is 18.3. The van der Waals surface area contributed by atoms with Crippen LogP contribution in [0.3, 0.4) is 0 Å². The lowest BCUT2D eigenvalue weighted by Gasteiger charge is -2.37. The molecule has 5 nitrogen and oxygen atoms in total. The molecule has 1 atom stereocenters. The Bertz CT molecular complexity index is 1090. The normalized spacial score (nSPS) is 16.3. The number of nitrogens with zero attached hydrogens (tertiary/aromatic N) is 1. The zero-order valence-electron chi connectivity index (χ0n) is 13.7. The highest BCUT2D eigenvalue weighted by atomic mass is 79.9. The van der Waals surface area contributed by atoms with Gasteiger partial charge in [-0.25, -0.2) is 0 Å². The molecule has 6 heteroatoms. The van der Waals surface area contributed by atoms with Gasteiger partial charge in [0.05, 0.1) is 16.5 Å². The van der Waals surface area contributed by atoms with Crippen LogP contribution in [0, 0.1) is 0 Å². The van der Waals surface area contributed by atoms with Gasteiger partial charge in [-0.15, -0.1) is 6.58 Å². The summed E-state index contributed by atoms with van der Waals surface area (Å²) in [6, 6.07) is 12.5. The number of fused-ring (bicyclic) bond motifs is 2. The van der Waals surface area contributed by atoms with Crippen molar-refractivity contribution in [3.8, 4) is 0 Å². The fraction of sp³-hybridized carbons (Fsp3) is 0.100. The van der Waals surface area contributed by atoms with E-state index in [2.05, 4.69) is 27.8 Å². The second-order valence-electron chi connectivity index (χ2n) is 6.00. The average Bonchev–Trinajstić information content (AvgIpc) is 2.65. The summed E-state index contributed by atoms with van der Waals surface area (Å²) in [5.74, 6) is -0.155. The Morgan fingerprint density at radius 2 is 2.04 bits per heavy atom. The van der Waals surface area contributed by atoms with Crippen molar-refractivity contribution in [3.63, 3.8) is 0 Å². The number of carbonyl (C=O) groups is 1. The molecular formula is C20H15BrN2O3. The predicted molar refractivity (Wildman–Crippen MR) is 104 cm³/mol. The maximum Gasteiger partial charge on any atom is 0.258 e. The zero-order valence-corrected chi connectivity index (χ0v) is 15.3. The molecule has 26 heavy (non-hydrogen) atoms. The van der Waals surface area contributed by atoms with E-state index in [1.807, 2.05) is 24.3 Å². The lowest BCUT2D eigenvalue weighted by atomic mass is 10.0. The summed E-state index contributed by atoms with van der Waals surface area (Å²) in [5.41, 5.74) is 1.96. The van der Waals surface area contributed by atoms with Crippen LogP contribution >= 0.6 is 15.9 Å². The Balaban J connectivity index is 1.89. The first-order valence-electron chi connectivity index (χ1n) is 8.08. The van der Waals surface area contributed by atoms with E-state index in [1.54, 1.807) is 29.2 Å². The van der Waals surface area contributed by atoms with Crippen molar-refractivity contribution in [1.29, 1.82) is 0 Å². The molecule has 0 fully saturated rings. The van der Waals surface area contributed by atoms with Crippen molar-refractivity contribution < 1.29 is 9.21 Å². The van der Waals surface area contributed by atoms with Crippen LogP contribution in [0.2, 0.25) is 0 Å².